The number of piperazine rings is 1. The number of hydrogen-bond donors (Lipinski definition) is 1. The molecule has 2 aliphatic heterocycles. The topological polar surface area (TPSA) is 52.7 Å². The number of nitrogens with one attached hydrogen (secondary N) is 1. The van der Waals surface area contributed by atoms with Gasteiger partial charge in [-0.2, -0.15) is 0 Å². The first kappa shape index (κ1) is 14.4. The highest BCUT2D eigenvalue weighted by Gasteiger charge is 2.39. The highest BCUT2D eigenvalue weighted by molar-refractivity contribution is 6.31. The normalized spacial score (nSPS) is 22.7. The first-order valence-corrected chi connectivity index (χ1v) is 7.61. The van der Waals surface area contributed by atoms with Crippen LogP contribution >= 0.6 is 11.6 Å². The maximum atomic E-state index is 12.5. The van der Waals surface area contributed by atoms with Gasteiger partial charge in [0, 0.05) is 43.4 Å². The van der Waals surface area contributed by atoms with Crippen LogP contribution in [-0.2, 0) is 9.59 Å². The van der Waals surface area contributed by atoms with Gasteiger partial charge in [0.1, 0.15) is 5.92 Å². The quantitative estimate of drug-likeness (QED) is 0.833. The zero-order valence-corrected chi connectivity index (χ0v) is 12.5. The van der Waals surface area contributed by atoms with Crippen molar-refractivity contribution in [3.8, 4) is 0 Å². The number of nitrogens with zero attached hydrogens (tertiary/aromatic N) is 2. The first-order chi connectivity index (χ1) is 10.2. The monoisotopic (exact) mass is 307 g/mol. The summed E-state index contributed by atoms with van der Waals surface area (Å²) in [4.78, 5) is 28.5. The molecule has 0 aliphatic carbocycles. The van der Waals surface area contributed by atoms with Gasteiger partial charge in [0.25, 0.3) is 0 Å². The summed E-state index contributed by atoms with van der Waals surface area (Å²) >= 11 is 5.97. The fourth-order valence-electron chi connectivity index (χ4n) is 2.92. The van der Waals surface area contributed by atoms with Gasteiger partial charge in [0.05, 0.1) is 0 Å². The minimum atomic E-state index is -0.540. The van der Waals surface area contributed by atoms with E-state index in [0.717, 1.165) is 18.8 Å². The van der Waals surface area contributed by atoms with Crippen molar-refractivity contribution in [3.63, 3.8) is 0 Å². The second-order valence-corrected chi connectivity index (χ2v) is 5.82. The van der Waals surface area contributed by atoms with Crippen LogP contribution in [-0.4, -0.2) is 49.4 Å². The highest BCUT2D eigenvalue weighted by atomic mass is 35.5. The van der Waals surface area contributed by atoms with E-state index in [2.05, 4.69) is 5.32 Å². The molecule has 3 rings (SSSR count). The number of rotatable bonds is 2. The molecule has 0 aromatic heterocycles. The number of halogens is 1. The summed E-state index contributed by atoms with van der Waals surface area (Å²) in [5.41, 5.74) is 0.767. The van der Waals surface area contributed by atoms with E-state index in [1.807, 2.05) is 12.1 Å². The molecule has 21 heavy (non-hydrogen) atoms. The molecular formula is C15H18ClN3O2. The Hall–Kier alpha value is -1.59. The van der Waals surface area contributed by atoms with Gasteiger partial charge >= 0.3 is 0 Å². The number of benzene rings is 1. The second-order valence-electron chi connectivity index (χ2n) is 5.39. The predicted octanol–water partition coefficient (Wildman–Crippen LogP) is 1.12. The van der Waals surface area contributed by atoms with Gasteiger partial charge in [0.15, 0.2) is 0 Å². The van der Waals surface area contributed by atoms with Crippen LogP contribution in [0.1, 0.15) is 6.42 Å². The van der Waals surface area contributed by atoms with Crippen molar-refractivity contribution >= 4 is 29.1 Å². The fourth-order valence-corrected chi connectivity index (χ4v) is 3.10. The summed E-state index contributed by atoms with van der Waals surface area (Å²) in [6, 6.07) is 7.20. The smallest absolute Gasteiger partial charge is 0.239 e. The third-order valence-corrected chi connectivity index (χ3v) is 4.29. The van der Waals surface area contributed by atoms with Crippen LogP contribution in [0.15, 0.2) is 24.3 Å². The molecule has 0 radical (unpaired) electrons. The van der Waals surface area contributed by atoms with Crippen molar-refractivity contribution in [2.75, 3.05) is 37.6 Å². The molecule has 1 aromatic rings. The number of amides is 2. The van der Waals surface area contributed by atoms with E-state index in [4.69, 9.17) is 11.6 Å². The Morgan fingerprint density at radius 2 is 2.00 bits per heavy atom. The number of carbonyl (C=O) groups excluding carboxylic acids is 2. The van der Waals surface area contributed by atoms with Gasteiger partial charge in [-0.25, -0.2) is 0 Å². The van der Waals surface area contributed by atoms with E-state index in [-0.39, 0.29) is 11.8 Å². The van der Waals surface area contributed by atoms with Crippen molar-refractivity contribution in [3.05, 3.63) is 29.3 Å². The van der Waals surface area contributed by atoms with Gasteiger partial charge in [-0.05, 0) is 24.6 Å². The average Bonchev–Trinajstić information content (AvgIpc) is 2.89. The van der Waals surface area contributed by atoms with Crippen molar-refractivity contribution < 1.29 is 9.59 Å². The van der Waals surface area contributed by atoms with Crippen LogP contribution < -0.4 is 10.2 Å². The van der Waals surface area contributed by atoms with Crippen LogP contribution in [0.4, 0.5) is 5.69 Å². The predicted molar refractivity (Wildman–Crippen MR) is 81.4 cm³/mol. The Morgan fingerprint density at radius 3 is 2.71 bits per heavy atom. The lowest BCUT2D eigenvalue weighted by molar-refractivity contribution is -0.140. The third kappa shape index (κ3) is 2.89. The molecule has 2 amide bonds. The van der Waals surface area contributed by atoms with E-state index in [1.54, 1.807) is 21.9 Å². The van der Waals surface area contributed by atoms with E-state index in [0.29, 0.717) is 31.1 Å². The molecule has 1 unspecified atom stereocenters. The van der Waals surface area contributed by atoms with E-state index < -0.39 is 5.92 Å². The Balaban J connectivity index is 1.72. The second kappa shape index (κ2) is 6.03. The molecule has 0 saturated carbocycles. The molecule has 0 bridgehead atoms. The molecule has 112 valence electrons. The molecule has 5 nitrogen and oxygen atoms in total. The number of anilines is 1. The molecule has 1 N–H and O–H groups in total. The number of carbonyl (C=O) groups is 2. The van der Waals surface area contributed by atoms with Crippen molar-refractivity contribution in [2.24, 2.45) is 5.92 Å². The van der Waals surface area contributed by atoms with Gasteiger partial charge in [0.2, 0.25) is 11.8 Å². The third-order valence-electron chi connectivity index (χ3n) is 4.05. The van der Waals surface area contributed by atoms with Crippen LogP contribution in [0.25, 0.3) is 0 Å². The zero-order chi connectivity index (χ0) is 14.8. The maximum Gasteiger partial charge on any atom is 0.239 e. The standard InChI is InChI=1S/C15H18ClN3O2/c16-11-2-1-3-12(10-11)19-7-4-13(15(19)21)14(20)18-8-5-17-6-9-18/h1-3,10,13,17H,4-9H2. The van der Waals surface area contributed by atoms with Gasteiger partial charge in [-0.1, -0.05) is 17.7 Å². The molecule has 6 heteroatoms. The van der Waals surface area contributed by atoms with Gasteiger partial charge in [-0.15, -0.1) is 0 Å². The highest BCUT2D eigenvalue weighted by Crippen LogP contribution is 2.28. The molecule has 1 aromatic carbocycles. The van der Waals surface area contributed by atoms with Crippen LogP contribution in [0.3, 0.4) is 0 Å². The Labute approximate surface area is 128 Å². The summed E-state index contributed by atoms with van der Waals surface area (Å²) in [7, 11) is 0. The van der Waals surface area contributed by atoms with Gasteiger partial charge < -0.3 is 15.1 Å². The lowest BCUT2D eigenvalue weighted by Gasteiger charge is -2.29. The number of hydrogen-bond acceptors (Lipinski definition) is 3. The molecule has 1 atom stereocenters. The van der Waals surface area contributed by atoms with Crippen LogP contribution in [0.5, 0.6) is 0 Å². The molecule has 2 saturated heterocycles. The SMILES string of the molecule is O=C(C1CCN(c2cccc(Cl)c2)C1=O)N1CCNCC1. The Bertz CT molecular complexity index is 558. The zero-order valence-electron chi connectivity index (χ0n) is 11.7. The lowest BCUT2D eigenvalue weighted by Crippen LogP contribution is -2.49. The average molecular weight is 308 g/mol. The molecule has 0 spiro atoms. The summed E-state index contributed by atoms with van der Waals surface area (Å²) < 4.78 is 0. The van der Waals surface area contributed by atoms with Crippen molar-refractivity contribution in [1.29, 1.82) is 0 Å². The van der Waals surface area contributed by atoms with Crippen LogP contribution in [0, 0.1) is 5.92 Å². The summed E-state index contributed by atoms with van der Waals surface area (Å²) in [6.07, 6.45) is 0.577. The molecule has 2 heterocycles. The van der Waals surface area contributed by atoms with E-state index >= 15 is 0 Å². The van der Waals surface area contributed by atoms with Crippen molar-refractivity contribution in [2.45, 2.75) is 6.42 Å². The molecular weight excluding hydrogens is 290 g/mol. The summed E-state index contributed by atoms with van der Waals surface area (Å²) in [5.74, 6) is -0.686. The largest absolute Gasteiger partial charge is 0.339 e. The van der Waals surface area contributed by atoms with E-state index in [1.165, 1.54) is 0 Å². The Kier molecular flexibility index (Phi) is 4.12. The Morgan fingerprint density at radius 1 is 1.24 bits per heavy atom. The molecule has 2 aliphatic rings. The summed E-state index contributed by atoms with van der Waals surface area (Å²) in [6.45, 7) is 3.52. The van der Waals surface area contributed by atoms with Crippen LogP contribution in [0.2, 0.25) is 5.02 Å². The molecule has 2 fully saturated rings. The van der Waals surface area contributed by atoms with E-state index in [9.17, 15) is 9.59 Å². The fraction of sp³-hybridized carbons (Fsp3) is 0.467. The summed E-state index contributed by atoms with van der Waals surface area (Å²) in [5, 5.41) is 3.80. The lowest BCUT2D eigenvalue weighted by atomic mass is 10.1. The minimum absolute atomic E-state index is 0.0361. The minimum Gasteiger partial charge on any atom is -0.339 e. The maximum absolute atomic E-state index is 12.5. The van der Waals surface area contributed by atoms with Crippen molar-refractivity contribution in [1.82, 2.24) is 10.2 Å². The first-order valence-electron chi connectivity index (χ1n) is 7.23. The van der Waals surface area contributed by atoms with Gasteiger partial charge in [-0.3, -0.25) is 9.59 Å².